The number of ether oxygens (including phenoxy) is 1. The van der Waals surface area contributed by atoms with E-state index in [1.807, 2.05) is 11.8 Å². The molecule has 6 nitrogen and oxygen atoms in total. The number of hydrogen-bond acceptors (Lipinski definition) is 7. The Balaban J connectivity index is 1.52. The second kappa shape index (κ2) is 5.82. The van der Waals surface area contributed by atoms with Crippen LogP contribution in [0.3, 0.4) is 0 Å². The third-order valence-electron chi connectivity index (χ3n) is 4.09. The first-order valence-corrected chi connectivity index (χ1v) is 9.59. The Morgan fingerprint density at radius 1 is 1.30 bits per heavy atom. The SMILES string of the molecule is O=C(CN1CCSCC1)OC1CCC2CC1OS2(=O)=O. The zero-order valence-electron chi connectivity index (χ0n) is 11.2. The number of carbonyl (C=O) groups excluding carboxylic acids is 1. The molecule has 0 aromatic carbocycles. The molecule has 2 heterocycles. The first-order chi connectivity index (χ1) is 9.54. The maximum atomic E-state index is 11.9. The second-order valence-electron chi connectivity index (χ2n) is 5.48. The van der Waals surface area contributed by atoms with Gasteiger partial charge in [-0.05, 0) is 19.3 Å². The monoisotopic (exact) mass is 321 g/mol. The van der Waals surface area contributed by atoms with Gasteiger partial charge < -0.3 is 4.74 Å². The van der Waals surface area contributed by atoms with Crippen LogP contribution in [0.15, 0.2) is 0 Å². The van der Waals surface area contributed by atoms with Crippen LogP contribution >= 0.6 is 11.8 Å². The highest BCUT2D eigenvalue weighted by Gasteiger charge is 2.48. The van der Waals surface area contributed by atoms with Crippen molar-refractivity contribution in [2.75, 3.05) is 31.1 Å². The fourth-order valence-electron chi connectivity index (χ4n) is 2.96. The quantitative estimate of drug-likeness (QED) is 0.544. The summed E-state index contributed by atoms with van der Waals surface area (Å²) in [5, 5.41) is -0.401. The third-order valence-corrected chi connectivity index (χ3v) is 6.79. The molecule has 114 valence electrons. The number of hydrogen-bond donors (Lipinski definition) is 0. The smallest absolute Gasteiger partial charge is 0.320 e. The average Bonchev–Trinajstić information content (AvgIpc) is 2.65. The van der Waals surface area contributed by atoms with Gasteiger partial charge in [-0.15, -0.1) is 0 Å². The van der Waals surface area contributed by atoms with Crippen molar-refractivity contribution in [3.63, 3.8) is 0 Å². The summed E-state index contributed by atoms with van der Waals surface area (Å²) in [5.41, 5.74) is 0. The zero-order chi connectivity index (χ0) is 14.2. The predicted molar refractivity (Wildman–Crippen MR) is 75.1 cm³/mol. The lowest BCUT2D eigenvalue weighted by Gasteiger charge is -2.28. The maximum Gasteiger partial charge on any atom is 0.320 e. The number of carbonyl (C=O) groups is 1. The van der Waals surface area contributed by atoms with Gasteiger partial charge in [-0.2, -0.15) is 20.2 Å². The minimum atomic E-state index is -3.42. The molecule has 20 heavy (non-hydrogen) atoms. The van der Waals surface area contributed by atoms with Crippen molar-refractivity contribution in [3.05, 3.63) is 0 Å². The lowest BCUT2D eigenvalue weighted by molar-refractivity contribution is -0.156. The standard InChI is InChI=1S/C12H19NO5S2/c14-12(8-13-3-5-19-6-4-13)17-10-2-1-9-7-11(10)18-20(9,15)16/h9-11H,1-8H2. The summed E-state index contributed by atoms with van der Waals surface area (Å²) in [6.07, 6.45) is 0.684. The molecular weight excluding hydrogens is 302 g/mol. The van der Waals surface area contributed by atoms with Gasteiger partial charge in [0.15, 0.2) is 0 Å². The van der Waals surface area contributed by atoms with E-state index >= 15 is 0 Å². The molecule has 3 unspecified atom stereocenters. The predicted octanol–water partition coefficient (Wildman–Crippen LogP) is 0.228. The Hall–Kier alpha value is -0.310. The molecule has 0 spiro atoms. The molecule has 0 amide bonds. The lowest BCUT2D eigenvalue weighted by Crippen LogP contribution is -2.41. The fourth-order valence-corrected chi connectivity index (χ4v) is 5.49. The van der Waals surface area contributed by atoms with E-state index in [-0.39, 0.29) is 5.97 Å². The first kappa shape index (κ1) is 14.6. The lowest BCUT2D eigenvalue weighted by atomic mass is 9.94. The van der Waals surface area contributed by atoms with Gasteiger partial charge in [0.25, 0.3) is 10.1 Å². The van der Waals surface area contributed by atoms with E-state index in [0.29, 0.717) is 25.8 Å². The van der Waals surface area contributed by atoms with Crippen molar-refractivity contribution in [2.45, 2.75) is 36.7 Å². The maximum absolute atomic E-state index is 11.9. The van der Waals surface area contributed by atoms with E-state index in [0.717, 1.165) is 24.6 Å². The van der Waals surface area contributed by atoms with Crippen LogP contribution in [0.5, 0.6) is 0 Å². The molecular formula is C12H19NO5S2. The summed E-state index contributed by atoms with van der Waals surface area (Å²) in [7, 11) is -3.42. The second-order valence-corrected chi connectivity index (χ2v) is 8.55. The van der Waals surface area contributed by atoms with Gasteiger partial charge in [-0.1, -0.05) is 0 Å². The highest BCUT2D eigenvalue weighted by Crippen LogP contribution is 2.37. The summed E-state index contributed by atoms with van der Waals surface area (Å²) < 4.78 is 33.7. The molecule has 8 heteroatoms. The molecule has 2 aliphatic heterocycles. The molecule has 1 aliphatic carbocycles. The fraction of sp³-hybridized carbons (Fsp3) is 0.917. The van der Waals surface area contributed by atoms with Crippen LogP contribution in [-0.2, 0) is 23.8 Å². The summed E-state index contributed by atoms with van der Waals surface area (Å²) in [6, 6.07) is 0. The van der Waals surface area contributed by atoms with Gasteiger partial charge in [0.1, 0.15) is 12.2 Å². The van der Waals surface area contributed by atoms with Crippen LogP contribution in [0.2, 0.25) is 0 Å². The summed E-state index contributed by atoms with van der Waals surface area (Å²) >= 11 is 1.89. The number of thioether (sulfide) groups is 1. The largest absolute Gasteiger partial charge is 0.459 e. The number of nitrogens with zero attached hydrogens (tertiary/aromatic N) is 1. The molecule has 0 aromatic heterocycles. The van der Waals surface area contributed by atoms with Crippen molar-refractivity contribution < 1.29 is 22.1 Å². The van der Waals surface area contributed by atoms with Gasteiger partial charge in [-0.25, -0.2) is 0 Å². The van der Waals surface area contributed by atoms with Gasteiger partial charge in [0.05, 0.1) is 11.8 Å². The van der Waals surface area contributed by atoms with E-state index in [2.05, 4.69) is 4.90 Å². The number of rotatable bonds is 3. The topological polar surface area (TPSA) is 72.9 Å². The first-order valence-electron chi connectivity index (χ1n) is 6.96. The van der Waals surface area contributed by atoms with Gasteiger partial charge >= 0.3 is 5.97 Å². The Bertz CT molecular complexity index is 474. The highest BCUT2D eigenvalue weighted by molar-refractivity contribution is 7.99. The molecule has 3 aliphatic rings. The van der Waals surface area contributed by atoms with Crippen molar-refractivity contribution in [1.82, 2.24) is 4.90 Å². The van der Waals surface area contributed by atoms with Crippen molar-refractivity contribution >= 4 is 27.8 Å². The normalized spacial score (nSPS) is 36.7. The molecule has 0 aromatic rings. The minimum absolute atomic E-state index is 0.270. The molecule has 0 radical (unpaired) electrons. The number of fused-ring (bicyclic) bond motifs is 2. The van der Waals surface area contributed by atoms with Gasteiger partial charge in [0.2, 0.25) is 0 Å². The Morgan fingerprint density at radius 3 is 2.80 bits per heavy atom. The molecule has 1 saturated carbocycles. The zero-order valence-corrected chi connectivity index (χ0v) is 12.8. The van der Waals surface area contributed by atoms with E-state index < -0.39 is 27.6 Å². The van der Waals surface area contributed by atoms with Crippen LogP contribution in [0.25, 0.3) is 0 Å². The summed E-state index contributed by atoms with van der Waals surface area (Å²) in [6.45, 7) is 2.10. The highest BCUT2D eigenvalue weighted by atomic mass is 32.2. The van der Waals surface area contributed by atoms with Crippen molar-refractivity contribution in [3.8, 4) is 0 Å². The molecule has 3 fully saturated rings. The van der Waals surface area contributed by atoms with Crippen LogP contribution in [0.4, 0.5) is 0 Å². The molecule has 3 rings (SSSR count). The number of esters is 1. The van der Waals surface area contributed by atoms with Crippen LogP contribution in [0.1, 0.15) is 19.3 Å². The van der Waals surface area contributed by atoms with Crippen LogP contribution in [-0.4, -0.2) is 67.9 Å². The van der Waals surface area contributed by atoms with Crippen LogP contribution < -0.4 is 0 Å². The average molecular weight is 321 g/mol. The molecule has 0 N–H and O–H groups in total. The Morgan fingerprint density at radius 2 is 2.05 bits per heavy atom. The van der Waals surface area contributed by atoms with Gasteiger partial charge in [-0.3, -0.25) is 13.9 Å². The van der Waals surface area contributed by atoms with Crippen molar-refractivity contribution in [1.29, 1.82) is 0 Å². The minimum Gasteiger partial charge on any atom is -0.459 e. The molecule has 2 saturated heterocycles. The summed E-state index contributed by atoms with van der Waals surface area (Å²) in [4.78, 5) is 14.0. The van der Waals surface area contributed by atoms with E-state index in [1.165, 1.54) is 0 Å². The molecule has 3 atom stereocenters. The van der Waals surface area contributed by atoms with Gasteiger partial charge in [0, 0.05) is 24.6 Å². The van der Waals surface area contributed by atoms with Crippen LogP contribution in [0, 0.1) is 0 Å². The third kappa shape index (κ3) is 3.13. The van der Waals surface area contributed by atoms with E-state index in [1.54, 1.807) is 0 Å². The Kier molecular flexibility index (Phi) is 4.26. The summed E-state index contributed by atoms with van der Waals surface area (Å²) in [5.74, 6) is 1.82. The van der Waals surface area contributed by atoms with E-state index in [9.17, 15) is 13.2 Å². The Labute approximate surface area is 123 Å². The van der Waals surface area contributed by atoms with E-state index in [4.69, 9.17) is 8.92 Å². The molecule has 2 bridgehead atoms. The van der Waals surface area contributed by atoms with Crippen molar-refractivity contribution in [2.24, 2.45) is 0 Å².